The van der Waals surface area contributed by atoms with E-state index < -0.39 is 5.41 Å². The second-order valence-corrected chi connectivity index (χ2v) is 15.7. The molecule has 2 nitrogen and oxygen atoms in total. The summed E-state index contributed by atoms with van der Waals surface area (Å²) in [6.45, 7) is 0.246. The smallest absolute Gasteiger partial charge is 0.245 e. The largest absolute Gasteiger partial charge is 0.309 e. The SMILES string of the molecule is c1ccc2c(c1)Sc1cccc3c1B2c1ccccc1C31c2ccccc2B(c2ccc3c4ccccc4n(-c4ccncc4)c3c2)c2ccccc21. The van der Waals surface area contributed by atoms with Crippen molar-refractivity contribution in [3.8, 4) is 5.69 Å². The fraction of sp³-hybridized carbons (Fsp3) is 0.0208. The van der Waals surface area contributed by atoms with Gasteiger partial charge in [0.15, 0.2) is 0 Å². The molecule has 53 heavy (non-hydrogen) atoms. The van der Waals surface area contributed by atoms with Gasteiger partial charge in [-0.3, -0.25) is 4.98 Å². The number of hydrogen-bond acceptors (Lipinski definition) is 2. The summed E-state index contributed by atoms with van der Waals surface area (Å²) < 4.78 is 2.40. The quantitative estimate of drug-likeness (QED) is 0.189. The zero-order valence-electron chi connectivity index (χ0n) is 28.8. The van der Waals surface area contributed by atoms with Crippen molar-refractivity contribution in [2.24, 2.45) is 0 Å². The van der Waals surface area contributed by atoms with Crippen molar-refractivity contribution < 1.29 is 0 Å². The van der Waals surface area contributed by atoms with Crippen LogP contribution in [-0.2, 0) is 5.41 Å². The monoisotopic (exact) mass is 688 g/mol. The van der Waals surface area contributed by atoms with E-state index in [4.69, 9.17) is 0 Å². The molecule has 0 aliphatic carbocycles. The second kappa shape index (κ2) is 11.0. The molecule has 5 heterocycles. The minimum Gasteiger partial charge on any atom is -0.309 e. The molecule has 5 heteroatoms. The summed E-state index contributed by atoms with van der Waals surface area (Å²) in [6, 6.07) is 64.2. The maximum absolute atomic E-state index is 4.35. The van der Waals surface area contributed by atoms with Crippen molar-refractivity contribution in [3.63, 3.8) is 0 Å². The van der Waals surface area contributed by atoms with Crippen LogP contribution in [0.3, 0.4) is 0 Å². The number of benzene rings is 7. The molecule has 0 bridgehead atoms. The lowest BCUT2D eigenvalue weighted by Gasteiger charge is -2.50. The maximum atomic E-state index is 4.35. The van der Waals surface area contributed by atoms with Gasteiger partial charge >= 0.3 is 0 Å². The van der Waals surface area contributed by atoms with Crippen LogP contribution in [0, 0.1) is 0 Å². The fourth-order valence-corrected chi connectivity index (χ4v) is 11.4. The predicted octanol–water partition coefficient (Wildman–Crippen LogP) is 6.69. The number of hydrogen-bond donors (Lipinski definition) is 0. The molecule has 1 spiro atoms. The van der Waals surface area contributed by atoms with E-state index in [0.717, 1.165) is 5.69 Å². The first-order chi connectivity index (χ1) is 26.3. The average Bonchev–Trinajstić information content (AvgIpc) is 3.56. The highest BCUT2D eigenvalue weighted by molar-refractivity contribution is 8.00. The van der Waals surface area contributed by atoms with Crippen LogP contribution < -0.4 is 32.8 Å². The van der Waals surface area contributed by atoms with E-state index in [-0.39, 0.29) is 13.4 Å². The van der Waals surface area contributed by atoms with Gasteiger partial charge in [-0.2, -0.15) is 0 Å². The Balaban J connectivity index is 1.16. The first-order valence-corrected chi connectivity index (χ1v) is 19.3. The molecule has 3 aliphatic heterocycles. The fourth-order valence-electron chi connectivity index (χ4n) is 10.3. The molecule has 244 valence electrons. The van der Waals surface area contributed by atoms with Gasteiger partial charge in [-0.05, 0) is 58.7 Å². The Morgan fingerprint density at radius 1 is 0.453 bits per heavy atom. The predicted molar refractivity (Wildman–Crippen MR) is 223 cm³/mol. The van der Waals surface area contributed by atoms with Crippen LogP contribution in [0.2, 0.25) is 0 Å². The van der Waals surface area contributed by atoms with Crippen LogP contribution in [0.4, 0.5) is 0 Å². The molecule has 9 aromatic rings. The molecule has 0 N–H and O–H groups in total. The molecule has 0 fully saturated rings. The minimum atomic E-state index is -0.467. The molecule has 3 aliphatic rings. The Labute approximate surface area is 313 Å². The summed E-state index contributed by atoms with van der Waals surface area (Å²) >= 11 is 1.93. The van der Waals surface area contributed by atoms with E-state index in [1.165, 1.54) is 86.6 Å². The summed E-state index contributed by atoms with van der Waals surface area (Å²) in [5.41, 5.74) is 16.9. The highest BCUT2D eigenvalue weighted by atomic mass is 32.2. The van der Waals surface area contributed by atoms with Gasteiger partial charge in [0.25, 0.3) is 0 Å². The first-order valence-electron chi connectivity index (χ1n) is 18.4. The molecular weight excluding hydrogens is 658 g/mol. The number of fused-ring (bicyclic) bond motifs is 13. The zero-order valence-corrected chi connectivity index (χ0v) is 29.6. The van der Waals surface area contributed by atoms with Crippen molar-refractivity contribution >= 4 is 79.8 Å². The highest BCUT2D eigenvalue weighted by Gasteiger charge is 2.54. The van der Waals surface area contributed by atoms with E-state index in [9.17, 15) is 0 Å². The van der Waals surface area contributed by atoms with Gasteiger partial charge in [-0.15, -0.1) is 0 Å². The molecule has 0 saturated heterocycles. The topological polar surface area (TPSA) is 17.8 Å². The van der Waals surface area contributed by atoms with Crippen LogP contribution in [0.1, 0.15) is 22.3 Å². The van der Waals surface area contributed by atoms with E-state index in [1.807, 2.05) is 24.2 Å². The Morgan fingerprint density at radius 2 is 1.02 bits per heavy atom. The van der Waals surface area contributed by atoms with E-state index in [1.54, 1.807) is 0 Å². The van der Waals surface area contributed by atoms with Crippen molar-refractivity contribution in [3.05, 3.63) is 205 Å². The Morgan fingerprint density at radius 3 is 1.75 bits per heavy atom. The molecule has 0 atom stereocenters. The Kier molecular flexibility index (Phi) is 6.13. The van der Waals surface area contributed by atoms with E-state index >= 15 is 0 Å². The molecule has 2 aromatic heterocycles. The average molecular weight is 688 g/mol. The molecule has 0 radical (unpaired) electrons. The van der Waals surface area contributed by atoms with Crippen molar-refractivity contribution in [1.29, 1.82) is 0 Å². The molecule has 7 aromatic carbocycles. The standard InChI is InChI=1S/C48H30B2N2S/c1-9-21-43-33(12-1)34-25-24-31(30-44(34)52(43)32-26-28-51-29-27-32)49-39-17-5-2-13-35(39)48(36-14-3-6-18-40(36)49)37-15-4-7-19-41(37)50-42-20-8-10-22-45(42)53-46-23-11-16-38(48)47(46)50/h1-30H. The zero-order chi connectivity index (χ0) is 34.7. The van der Waals surface area contributed by atoms with Gasteiger partial charge in [0.1, 0.15) is 0 Å². The van der Waals surface area contributed by atoms with E-state index in [0.29, 0.717) is 0 Å². The van der Waals surface area contributed by atoms with Gasteiger partial charge in [0.05, 0.1) is 16.4 Å². The summed E-state index contributed by atoms with van der Waals surface area (Å²) in [5, 5.41) is 2.52. The third kappa shape index (κ3) is 3.85. The van der Waals surface area contributed by atoms with Crippen molar-refractivity contribution in [2.75, 3.05) is 0 Å². The Bertz CT molecular complexity index is 2920. The number of pyridine rings is 1. The maximum Gasteiger partial charge on any atom is 0.245 e. The van der Waals surface area contributed by atoms with Crippen LogP contribution in [0.5, 0.6) is 0 Å². The lowest BCUT2D eigenvalue weighted by atomic mass is 9.26. The number of nitrogens with zero attached hydrogens (tertiary/aromatic N) is 2. The third-order valence-electron chi connectivity index (χ3n) is 12.2. The molecule has 0 unspecified atom stereocenters. The molecule has 12 rings (SSSR count). The lowest BCUT2D eigenvalue weighted by Crippen LogP contribution is -2.68. The number of rotatable bonds is 2. The van der Waals surface area contributed by atoms with Crippen molar-refractivity contribution in [2.45, 2.75) is 15.2 Å². The van der Waals surface area contributed by atoms with Crippen LogP contribution in [0.25, 0.3) is 27.5 Å². The van der Waals surface area contributed by atoms with Gasteiger partial charge in [0.2, 0.25) is 13.4 Å². The first kappa shape index (κ1) is 29.5. The highest BCUT2D eigenvalue weighted by Crippen LogP contribution is 2.48. The van der Waals surface area contributed by atoms with Crippen LogP contribution in [-0.4, -0.2) is 23.0 Å². The van der Waals surface area contributed by atoms with Crippen LogP contribution in [0.15, 0.2) is 192 Å². The summed E-state index contributed by atoms with van der Waals surface area (Å²) in [6.07, 6.45) is 3.78. The summed E-state index contributed by atoms with van der Waals surface area (Å²) in [7, 11) is 0. The van der Waals surface area contributed by atoms with Crippen LogP contribution >= 0.6 is 11.8 Å². The third-order valence-corrected chi connectivity index (χ3v) is 13.4. The normalized spacial score (nSPS) is 14.4. The van der Waals surface area contributed by atoms with Gasteiger partial charge in [-0.1, -0.05) is 178 Å². The van der Waals surface area contributed by atoms with Gasteiger partial charge in [-0.25, -0.2) is 0 Å². The van der Waals surface area contributed by atoms with Crippen molar-refractivity contribution in [1.82, 2.24) is 9.55 Å². The molecule has 0 saturated carbocycles. The molecule has 0 amide bonds. The Hall–Kier alpha value is -6.03. The summed E-state index contributed by atoms with van der Waals surface area (Å²) in [5.74, 6) is 0. The van der Waals surface area contributed by atoms with Gasteiger partial charge in [0, 0.05) is 38.6 Å². The minimum absolute atomic E-state index is 0.0563. The second-order valence-electron chi connectivity index (χ2n) is 14.6. The summed E-state index contributed by atoms with van der Waals surface area (Å²) in [4.78, 5) is 7.07. The molecular formula is C48H30B2N2S. The number of aromatic nitrogens is 2. The van der Waals surface area contributed by atoms with Gasteiger partial charge < -0.3 is 4.57 Å². The van der Waals surface area contributed by atoms with E-state index in [2.05, 4.69) is 179 Å². The lowest BCUT2D eigenvalue weighted by molar-refractivity contribution is 0.754. The number of para-hydroxylation sites is 1.